The quantitative estimate of drug-likeness (QED) is 0.136. The lowest BCUT2D eigenvalue weighted by Gasteiger charge is -2.06. The largest absolute Gasteiger partial charge is 0.508 e. The van der Waals surface area contributed by atoms with Crippen molar-refractivity contribution in [3.05, 3.63) is 95.1 Å². The van der Waals surface area contributed by atoms with Gasteiger partial charge in [-0.15, -0.1) is 0 Å². The zero-order chi connectivity index (χ0) is 25.4. The van der Waals surface area contributed by atoms with Gasteiger partial charge < -0.3 is 31.9 Å². The summed E-state index contributed by atoms with van der Waals surface area (Å²) in [6.45, 7) is 7.19. The first-order chi connectivity index (χ1) is 16.0. The van der Waals surface area contributed by atoms with Crippen LogP contribution in [0.3, 0.4) is 0 Å². The van der Waals surface area contributed by atoms with Crippen LogP contribution in [0.5, 0.6) is 23.0 Å². The number of phenolic OH excluding ortho intramolecular Hbond substituents is 4. The summed E-state index contributed by atoms with van der Waals surface area (Å²) >= 11 is 0. The zero-order valence-corrected chi connectivity index (χ0v) is 19.9. The van der Waals surface area contributed by atoms with Gasteiger partial charge in [-0.1, -0.05) is 31.7 Å². The molecule has 4 aromatic rings. The van der Waals surface area contributed by atoms with Crippen LogP contribution in [0.1, 0.15) is 29.7 Å². The van der Waals surface area contributed by atoms with Crippen LogP contribution in [0.2, 0.25) is 0 Å². The van der Waals surface area contributed by atoms with Crippen molar-refractivity contribution in [2.75, 3.05) is 11.5 Å². The normalized spacial score (nSPS) is 9.60. The molecule has 0 spiro atoms. The summed E-state index contributed by atoms with van der Waals surface area (Å²) in [5.74, 6) is 1.01. The van der Waals surface area contributed by atoms with Crippen LogP contribution in [0, 0.1) is 27.7 Å². The Hall–Kier alpha value is -4.32. The number of aromatic hydroxyl groups is 4. The van der Waals surface area contributed by atoms with Gasteiger partial charge in [-0.2, -0.15) is 0 Å². The Morgan fingerprint density at radius 3 is 1.00 bits per heavy atom. The molecule has 0 aliphatic carbocycles. The highest BCUT2D eigenvalue weighted by molar-refractivity contribution is 5.68. The maximum Gasteiger partial charge on any atom is 0.119 e. The minimum Gasteiger partial charge on any atom is -0.508 e. The first-order valence-electron chi connectivity index (χ1n) is 10.7. The van der Waals surface area contributed by atoms with E-state index >= 15 is 0 Å². The minimum atomic E-state index is 0. The summed E-state index contributed by atoms with van der Waals surface area (Å²) < 4.78 is 0. The van der Waals surface area contributed by atoms with E-state index in [1.807, 2.05) is 38.1 Å². The van der Waals surface area contributed by atoms with Crippen molar-refractivity contribution in [1.82, 2.24) is 0 Å². The van der Waals surface area contributed by atoms with Crippen LogP contribution in [0.4, 0.5) is 11.4 Å². The van der Waals surface area contributed by atoms with Crippen molar-refractivity contribution >= 4 is 11.4 Å². The topological polar surface area (TPSA) is 133 Å². The smallest absolute Gasteiger partial charge is 0.119 e. The van der Waals surface area contributed by atoms with Crippen molar-refractivity contribution in [3.8, 4) is 34.1 Å². The van der Waals surface area contributed by atoms with Crippen LogP contribution in [-0.2, 0) is 0 Å². The number of hydrogen-bond acceptors (Lipinski definition) is 6. The van der Waals surface area contributed by atoms with E-state index in [0.717, 1.165) is 33.6 Å². The van der Waals surface area contributed by atoms with E-state index in [4.69, 9.17) is 21.7 Å². The average Bonchev–Trinajstić information content (AvgIpc) is 2.79. The van der Waals surface area contributed by atoms with Crippen molar-refractivity contribution in [3.63, 3.8) is 0 Å². The van der Waals surface area contributed by atoms with Crippen LogP contribution < -0.4 is 11.5 Å². The fourth-order valence-corrected chi connectivity index (χ4v) is 2.86. The number of hydrogen-bond donors (Lipinski definition) is 6. The molecule has 0 amide bonds. The van der Waals surface area contributed by atoms with Gasteiger partial charge in [0.15, 0.2) is 0 Å². The molecule has 6 heteroatoms. The molecule has 0 aromatic heterocycles. The Labute approximate surface area is 207 Å². The van der Waals surface area contributed by atoms with Crippen molar-refractivity contribution in [2.45, 2.75) is 35.1 Å². The van der Waals surface area contributed by atoms with Crippen molar-refractivity contribution in [1.29, 1.82) is 0 Å². The Kier molecular flexibility index (Phi) is 10.5. The van der Waals surface area contributed by atoms with Gasteiger partial charge in [0, 0.05) is 11.4 Å². The van der Waals surface area contributed by atoms with Crippen molar-refractivity contribution in [2.24, 2.45) is 0 Å². The maximum absolute atomic E-state index is 9.62. The van der Waals surface area contributed by atoms with Gasteiger partial charge in [0.05, 0.1) is 0 Å². The van der Waals surface area contributed by atoms with Crippen LogP contribution in [0.15, 0.2) is 72.8 Å². The molecule has 0 saturated carbocycles. The van der Waals surface area contributed by atoms with Crippen LogP contribution in [-0.4, -0.2) is 20.4 Å². The summed E-state index contributed by atoms with van der Waals surface area (Å²) in [6.07, 6.45) is 0. The molecule has 4 aromatic carbocycles. The molecule has 0 fully saturated rings. The number of phenols is 4. The molecule has 0 aliphatic heterocycles. The molecular formula is C29H36N2O4. The van der Waals surface area contributed by atoms with E-state index in [0.29, 0.717) is 11.1 Å². The number of benzene rings is 4. The highest BCUT2D eigenvalue weighted by atomic mass is 16.3. The highest BCUT2D eigenvalue weighted by Crippen LogP contribution is 2.29. The van der Waals surface area contributed by atoms with E-state index in [-0.39, 0.29) is 30.4 Å². The molecule has 8 N–H and O–H groups in total. The van der Waals surface area contributed by atoms with Gasteiger partial charge in [-0.25, -0.2) is 0 Å². The van der Waals surface area contributed by atoms with Gasteiger partial charge >= 0.3 is 0 Å². The zero-order valence-electron chi connectivity index (χ0n) is 19.9. The molecule has 0 atom stereocenters. The molecule has 0 bridgehead atoms. The molecule has 35 heavy (non-hydrogen) atoms. The number of nitrogens with two attached hydrogens (primary N) is 2. The second kappa shape index (κ2) is 12.8. The Balaban J connectivity index is 0.000000278. The third-order valence-corrected chi connectivity index (χ3v) is 5.20. The third kappa shape index (κ3) is 8.51. The lowest BCUT2D eigenvalue weighted by Crippen LogP contribution is -1.86. The second-order valence-electron chi connectivity index (χ2n) is 8.09. The molecular weight excluding hydrogens is 440 g/mol. The molecule has 0 saturated heterocycles. The highest BCUT2D eigenvalue weighted by Gasteiger charge is 2.04. The number of aryl methyl sites for hydroxylation is 4. The first kappa shape index (κ1) is 28.7. The van der Waals surface area contributed by atoms with Gasteiger partial charge in [0.2, 0.25) is 0 Å². The number of rotatable bonds is 1. The van der Waals surface area contributed by atoms with E-state index in [2.05, 4.69) is 0 Å². The summed E-state index contributed by atoms with van der Waals surface area (Å²) in [6, 6.07) is 21.2. The SMILES string of the molecule is C.Cc1cc(O)c(C)cc1O.Cc1ccc(-c2ccc(C)c(O)c2)cc1O.Nc1ccc(N)cc1. The summed E-state index contributed by atoms with van der Waals surface area (Å²) in [5, 5.41) is 37.5. The fraction of sp³-hybridized carbons (Fsp3) is 0.172. The van der Waals surface area contributed by atoms with Crippen molar-refractivity contribution < 1.29 is 20.4 Å². The van der Waals surface area contributed by atoms with E-state index in [1.165, 1.54) is 0 Å². The van der Waals surface area contributed by atoms with E-state index in [1.54, 1.807) is 62.4 Å². The summed E-state index contributed by atoms with van der Waals surface area (Å²) in [5.41, 5.74) is 17.1. The van der Waals surface area contributed by atoms with Crippen LogP contribution >= 0.6 is 0 Å². The predicted octanol–water partition coefficient (Wildman–Crippen LogP) is 6.58. The predicted molar refractivity (Wildman–Crippen MR) is 146 cm³/mol. The van der Waals surface area contributed by atoms with Gasteiger partial charge in [0.1, 0.15) is 23.0 Å². The number of nitrogen functional groups attached to an aromatic ring is 2. The summed E-state index contributed by atoms with van der Waals surface area (Å²) in [4.78, 5) is 0. The molecule has 0 aliphatic rings. The lowest BCUT2D eigenvalue weighted by molar-refractivity contribution is 0.453. The first-order valence-corrected chi connectivity index (χ1v) is 10.7. The molecule has 6 nitrogen and oxygen atoms in total. The molecule has 0 heterocycles. The Morgan fingerprint density at radius 1 is 0.429 bits per heavy atom. The standard InChI is InChI=1S/C14H14O2.C8H10O2.C6H8N2.CH4/c1-9-3-5-11(7-13(9)15)12-6-4-10(2)14(16)8-12;1-5-3-8(10)6(2)4-7(5)9;7-5-1-2-6(8)4-3-5;/h3-8,15-16H,1-2H3;3-4,9-10H,1-2H3;1-4H,7-8H2;1H4. The van der Waals surface area contributed by atoms with E-state index in [9.17, 15) is 10.2 Å². The monoisotopic (exact) mass is 476 g/mol. The van der Waals surface area contributed by atoms with E-state index < -0.39 is 0 Å². The fourth-order valence-electron chi connectivity index (χ4n) is 2.86. The van der Waals surface area contributed by atoms with Crippen LogP contribution in [0.25, 0.3) is 11.1 Å². The number of anilines is 2. The van der Waals surface area contributed by atoms with Gasteiger partial charge in [0.25, 0.3) is 0 Å². The van der Waals surface area contributed by atoms with Gasteiger partial charge in [-0.3, -0.25) is 0 Å². The average molecular weight is 477 g/mol. The Bertz CT molecular complexity index is 1130. The molecule has 0 unspecified atom stereocenters. The van der Waals surface area contributed by atoms with Gasteiger partial charge in [-0.05, 0) is 110 Å². The Morgan fingerprint density at radius 2 is 0.714 bits per heavy atom. The summed E-state index contributed by atoms with van der Waals surface area (Å²) in [7, 11) is 0. The third-order valence-electron chi connectivity index (χ3n) is 5.20. The molecule has 186 valence electrons. The molecule has 4 rings (SSSR count). The maximum atomic E-state index is 9.62. The minimum absolute atomic E-state index is 0. The lowest BCUT2D eigenvalue weighted by atomic mass is 10.0. The second-order valence-corrected chi connectivity index (χ2v) is 8.09. The molecule has 0 radical (unpaired) electrons.